The van der Waals surface area contributed by atoms with Crippen molar-refractivity contribution in [1.29, 1.82) is 0 Å². The van der Waals surface area contributed by atoms with E-state index in [2.05, 4.69) is 5.43 Å². The maximum Gasteiger partial charge on any atom is 0.311 e. The zero-order valence-corrected chi connectivity index (χ0v) is 14.1. The average molecular weight is 374 g/mol. The number of nitro benzene ring substituents is 1. The molecule has 2 aromatic rings. The van der Waals surface area contributed by atoms with Gasteiger partial charge in [0.05, 0.1) is 10.6 Å². The Hall–Kier alpha value is -3.39. The highest BCUT2D eigenvalue weighted by Crippen LogP contribution is 2.29. The van der Waals surface area contributed by atoms with E-state index in [4.69, 9.17) is 11.6 Å². The topological polar surface area (TPSA) is 113 Å². The van der Waals surface area contributed by atoms with Crippen LogP contribution in [0.5, 0.6) is 5.75 Å². The van der Waals surface area contributed by atoms with Crippen LogP contribution in [0.2, 0.25) is 5.02 Å². The highest BCUT2D eigenvalue weighted by Gasteiger charge is 2.34. The summed E-state index contributed by atoms with van der Waals surface area (Å²) in [6.07, 6.45) is 1.22. The second-order valence-electron chi connectivity index (χ2n) is 5.58. The molecule has 0 atom stereocenters. The Morgan fingerprint density at radius 3 is 2.62 bits per heavy atom. The third-order valence-corrected chi connectivity index (χ3v) is 4.22. The zero-order valence-electron chi connectivity index (χ0n) is 13.4. The lowest BCUT2D eigenvalue weighted by atomic mass is 10.1. The lowest BCUT2D eigenvalue weighted by Crippen LogP contribution is -2.35. The number of aryl methyl sites for hydroxylation is 1. The lowest BCUT2D eigenvalue weighted by molar-refractivity contribution is -0.385. The van der Waals surface area contributed by atoms with Gasteiger partial charge in [-0.1, -0.05) is 23.7 Å². The fourth-order valence-electron chi connectivity index (χ4n) is 2.40. The van der Waals surface area contributed by atoms with Crippen molar-refractivity contribution in [1.82, 2.24) is 5.43 Å². The van der Waals surface area contributed by atoms with E-state index in [0.29, 0.717) is 10.7 Å². The number of phenolic OH excluding ortho intramolecular Hbond substituents is 1. The number of halogens is 1. The summed E-state index contributed by atoms with van der Waals surface area (Å²) in [5, 5.41) is 21.9. The van der Waals surface area contributed by atoms with Gasteiger partial charge in [0.1, 0.15) is 5.57 Å². The molecule has 26 heavy (non-hydrogen) atoms. The van der Waals surface area contributed by atoms with Crippen LogP contribution in [0.15, 0.2) is 42.0 Å². The maximum absolute atomic E-state index is 12.6. The average Bonchev–Trinajstić information content (AvgIpc) is 2.87. The van der Waals surface area contributed by atoms with Crippen molar-refractivity contribution in [2.24, 2.45) is 0 Å². The first-order valence-electron chi connectivity index (χ1n) is 7.38. The highest BCUT2D eigenvalue weighted by molar-refractivity contribution is 6.33. The molecule has 9 heteroatoms. The quantitative estimate of drug-likeness (QED) is 0.372. The summed E-state index contributed by atoms with van der Waals surface area (Å²) in [4.78, 5) is 34.8. The van der Waals surface area contributed by atoms with Gasteiger partial charge in [0.2, 0.25) is 0 Å². The van der Waals surface area contributed by atoms with E-state index in [-0.39, 0.29) is 11.1 Å². The van der Waals surface area contributed by atoms with Crippen LogP contribution in [-0.2, 0) is 9.59 Å². The number of anilines is 1. The van der Waals surface area contributed by atoms with E-state index in [1.54, 1.807) is 25.1 Å². The van der Waals surface area contributed by atoms with Crippen molar-refractivity contribution in [2.75, 3.05) is 5.01 Å². The third-order valence-electron chi connectivity index (χ3n) is 3.81. The van der Waals surface area contributed by atoms with Gasteiger partial charge in [0.15, 0.2) is 5.75 Å². The molecule has 2 aromatic carbocycles. The van der Waals surface area contributed by atoms with Crippen LogP contribution in [0.4, 0.5) is 11.4 Å². The summed E-state index contributed by atoms with van der Waals surface area (Å²) in [5.41, 5.74) is 3.15. The minimum Gasteiger partial charge on any atom is -0.502 e. The van der Waals surface area contributed by atoms with Gasteiger partial charge >= 0.3 is 5.69 Å². The molecule has 1 saturated heterocycles. The fraction of sp³-hybridized carbons (Fsp3) is 0.0588. The summed E-state index contributed by atoms with van der Waals surface area (Å²) in [7, 11) is 0. The van der Waals surface area contributed by atoms with Gasteiger partial charge in [-0.3, -0.25) is 25.1 Å². The van der Waals surface area contributed by atoms with Crippen LogP contribution in [0.3, 0.4) is 0 Å². The summed E-state index contributed by atoms with van der Waals surface area (Å²) in [6, 6.07) is 8.45. The first-order chi connectivity index (χ1) is 12.3. The predicted molar refractivity (Wildman–Crippen MR) is 94.6 cm³/mol. The number of phenols is 1. The fourth-order valence-corrected chi connectivity index (χ4v) is 2.58. The number of hydrogen-bond acceptors (Lipinski definition) is 5. The first-order valence-corrected chi connectivity index (χ1v) is 7.76. The minimum atomic E-state index is -0.755. The molecular weight excluding hydrogens is 362 g/mol. The summed E-state index contributed by atoms with van der Waals surface area (Å²) < 4.78 is 0. The molecule has 8 nitrogen and oxygen atoms in total. The SMILES string of the molecule is Cc1ccc(N2NC(=O)C(=Cc3ccc(O)c([N+](=O)[O-])c3)C2=O)cc1Cl. The third kappa shape index (κ3) is 3.09. The van der Waals surface area contributed by atoms with E-state index < -0.39 is 28.2 Å². The molecule has 132 valence electrons. The molecule has 0 spiro atoms. The Balaban J connectivity index is 1.96. The molecule has 0 radical (unpaired) electrons. The Labute approximate surface area is 152 Å². The maximum atomic E-state index is 12.6. The number of nitrogens with one attached hydrogen (secondary N) is 1. The number of aromatic hydroxyl groups is 1. The van der Waals surface area contributed by atoms with Crippen LogP contribution in [0, 0.1) is 17.0 Å². The molecular formula is C17H12ClN3O5. The molecule has 0 aromatic heterocycles. The number of amides is 2. The van der Waals surface area contributed by atoms with Crippen molar-refractivity contribution in [2.45, 2.75) is 6.92 Å². The zero-order chi connectivity index (χ0) is 19.0. The molecule has 1 aliphatic heterocycles. The number of carbonyl (C=O) groups excluding carboxylic acids is 2. The molecule has 2 N–H and O–H groups in total. The Morgan fingerprint density at radius 2 is 1.96 bits per heavy atom. The second kappa shape index (κ2) is 6.49. The molecule has 2 amide bonds. The smallest absolute Gasteiger partial charge is 0.311 e. The molecule has 0 aliphatic carbocycles. The number of nitro groups is 1. The Bertz CT molecular complexity index is 986. The van der Waals surface area contributed by atoms with E-state index in [1.807, 2.05) is 0 Å². The first kappa shape index (κ1) is 17.4. The van der Waals surface area contributed by atoms with Gasteiger partial charge in [-0.2, -0.15) is 0 Å². The van der Waals surface area contributed by atoms with Crippen molar-refractivity contribution in [3.8, 4) is 5.75 Å². The van der Waals surface area contributed by atoms with Gasteiger partial charge in [0.25, 0.3) is 11.8 Å². The van der Waals surface area contributed by atoms with Gasteiger partial charge in [-0.05, 0) is 42.3 Å². The summed E-state index contributed by atoms with van der Waals surface area (Å²) in [5.74, 6) is -1.77. The number of nitrogens with zero attached hydrogens (tertiary/aromatic N) is 2. The molecule has 1 heterocycles. The van der Waals surface area contributed by atoms with E-state index >= 15 is 0 Å². The van der Waals surface area contributed by atoms with Gasteiger partial charge in [-0.15, -0.1) is 0 Å². The van der Waals surface area contributed by atoms with Crippen molar-refractivity contribution in [3.63, 3.8) is 0 Å². The predicted octanol–water partition coefficient (Wildman–Crippen LogP) is 2.72. The second-order valence-corrected chi connectivity index (χ2v) is 5.99. The molecule has 0 unspecified atom stereocenters. The molecule has 1 fully saturated rings. The Morgan fingerprint density at radius 1 is 1.23 bits per heavy atom. The number of hydrogen-bond donors (Lipinski definition) is 2. The lowest BCUT2D eigenvalue weighted by Gasteiger charge is -2.15. The van der Waals surface area contributed by atoms with Crippen LogP contribution in [0.1, 0.15) is 11.1 Å². The number of carbonyl (C=O) groups is 2. The van der Waals surface area contributed by atoms with Crippen molar-refractivity contribution >= 4 is 40.9 Å². The van der Waals surface area contributed by atoms with E-state index in [1.165, 1.54) is 12.1 Å². The van der Waals surface area contributed by atoms with E-state index in [9.17, 15) is 24.8 Å². The Kier molecular flexibility index (Phi) is 4.35. The van der Waals surface area contributed by atoms with Gasteiger partial charge in [-0.25, -0.2) is 5.01 Å². The van der Waals surface area contributed by atoms with Crippen LogP contribution < -0.4 is 10.4 Å². The molecule has 0 saturated carbocycles. The van der Waals surface area contributed by atoms with Crippen molar-refractivity contribution < 1.29 is 19.6 Å². The van der Waals surface area contributed by atoms with Crippen molar-refractivity contribution in [3.05, 3.63) is 68.2 Å². The summed E-state index contributed by atoms with van der Waals surface area (Å²) >= 11 is 6.05. The molecule has 3 rings (SSSR count). The largest absolute Gasteiger partial charge is 0.502 e. The van der Waals surface area contributed by atoms with Crippen LogP contribution >= 0.6 is 11.6 Å². The number of rotatable bonds is 3. The number of benzene rings is 2. The monoisotopic (exact) mass is 373 g/mol. The van der Waals surface area contributed by atoms with Crippen LogP contribution in [-0.4, -0.2) is 21.8 Å². The van der Waals surface area contributed by atoms with E-state index in [0.717, 1.165) is 22.7 Å². The van der Waals surface area contributed by atoms with Gasteiger partial charge < -0.3 is 5.11 Å². The number of hydrazine groups is 1. The standard InChI is InChI=1S/C17H12ClN3O5/c1-9-2-4-11(8-13(9)18)20-17(24)12(16(23)19-20)6-10-3-5-15(22)14(7-10)21(25)26/h2-8,22H,1H3,(H,19,23). The molecule has 0 bridgehead atoms. The normalized spacial score (nSPS) is 15.5. The highest BCUT2D eigenvalue weighted by atomic mass is 35.5. The van der Waals surface area contributed by atoms with Crippen LogP contribution in [0.25, 0.3) is 6.08 Å². The summed E-state index contributed by atoms with van der Waals surface area (Å²) in [6.45, 7) is 1.81. The van der Waals surface area contributed by atoms with Gasteiger partial charge in [0, 0.05) is 11.1 Å². The molecule has 1 aliphatic rings. The minimum absolute atomic E-state index is 0.193.